The number of ketones is 1. The summed E-state index contributed by atoms with van der Waals surface area (Å²) < 4.78 is 21.7. The molecule has 2 aliphatic heterocycles. The van der Waals surface area contributed by atoms with Crippen LogP contribution in [0.2, 0.25) is 0 Å². The number of benzene rings is 4. The quantitative estimate of drug-likeness (QED) is 0.272. The Kier molecular flexibility index (Phi) is 7.87. The van der Waals surface area contributed by atoms with E-state index >= 15 is 0 Å². The average Bonchev–Trinajstić information content (AvgIpc) is 3.05. The zero-order valence-electron chi connectivity index (χ0n) is 24.2. The van der Waals surface area contributed by atoms with Gasteiger partial charge in [0.15, 0.2) is 0 Å². The number of hydrogen-bond acceptors (Lipinski definition) is 7. The van der Waals surface area contributed by atoms with E-state index in [2.05, 4.69) is 59.2 Å². The molecule has 2 bridgehead atoms. The van der Waals surface area contributed by atoms with E-state index < -0.39 is 0 Å². The largest absolute Gasteiger partial charge is 0.497 e. The predicted octanol–water partition coefficient (Wildman–Crippen LogP) is 5.99. The zero-order chi connectivity index (χ0) is 29.2. The molecule has 0 amide bonds. The highest BCUT2D eigenvalue weighted by atomic mass is 16.5. The summed E-state index contributed by atoms with van der Waals surface area (Å²) in [5.41, 5.74) is 4.15. The molecule has 2 heterocycles. The fraction of sp³-hybridized carbons (Fsp3) is 0.286. The van der Waals surface area contributed by atoms with Crippen molar-refractivity contribution in [2.75, 3.05) is 28.4 Å². The Morgan fingerprint density at radius 3 is 0.810 bits per heavy atom. The van der Waals surface area contributed by atoms with Crippen LogP contribution in [0.5, 0.6) is 23.0 Å². The molecule has 0 saturated carbocycles. The molecule has 6 rings (SSSR count). The maximum absolute atomic E-state index is 14.9. The van der Waals surface area contributed by atoms with Crippen molar-refractivity contribution < 1.29 is 23.7 Å². The van der Waals surface area contributed by atoms with Gasteiger partial charge in [0.25, 0.3) is 0 Å². The highest BCUT2D eigenvalue weighted by molar-refractivity contribution is 5.89. The van der Waals surface area contributed by atoms with Crippen LogP contribution >= 0.6 is 0 Å². The Bertz CT molecular complexity index is 1280. The first-order chi connectivity index (χ1) is 20.5. The molecule has 42 heavy (non-hydrogen) atoms. The fourth-order valence-electron chi connectivity index (χ4n) is 6.52. The number of ether oxygens (including phenoxy) is 4. The van der Waals surface area contributed by atoms with E-state index in [0.29, 0.717) is 0 Å². The van der Waals surface area contributed by atoms with Gasteiger partial charge in [-0.25, -0.2) is 0 Å². The lowest BCUT2D eigenvalue weighted by atomic mass is 9.64. The van der Waals surface area contributed by atoms with Crippen molar-refractivity contribution in [3.63, 3.8) is 0 Å². The molecular weight excluding hydrogens is 528 g/mol. The SMILES string of the molecule is COc1ccc([C@H]2N[C@H](c3ccc(OC)cc3)C3C(=O)C2[C@@H](c2ccc(OC)cc2)N[C@H]3c2ccc(OC)cc2)cc1. The summed E-state index contributed by atoms with van der Waals surface area (Å²) in [6.45, 7) is 0. The van der Waals surface area contributed by atoms with Crippen LogP contribution in [0.4, 0.5) is 0 Å². The third-order valence-corrected chi connectivity index (χ3v) is 8.71. The van der Waals surface area contributed by atoms with Crippen LogP contribution in [-0.2, 0) is 4.79 Å². The molecule has 2 fully saturated rings. The van der Waals surface area contributed by atoms with Crippen LogP contribution in [0, 0.1) is 11.8 Å². The molecule has 7 nitrogen and oxygen atoms in total. The molecule has 216 valence electrons. The van der Waals surface area contributed by atoms with Gasteiger partial charge in [-0.15, -0.1) is 0 Å². The number of Topliss-reactive ketones (excluding diaryl/α,β-unsaturated/α-hetero) is 1. The summed E-state index contributed by atoms with van der Waals surface area (Å²) in [6, 6.07) is 31.1. The minimum absolute atomic E-state index is 0.232. The number of carbonyl (C=O) groups excluding carboxylic acids is 1. The number of nitrogens with one attached hydrogen (secondary N) is 2. The number of carbonyl (C=O) groups is 1. The van der Waals surface area contributed by atoms with E-state index in [1.165, 1.54) is 0 Å². The summed E-state index contributed by atoms with van der Waals surface area (Å²) in [5, 5.41) is 7.89. The van der Waals surface area contributed by atoms with Gasteiger partial charge < -0.3 is 29.6 Å². The lowest BCUT2D eigenvalue weighted by Crippen LogP contribution is -2.60. The van der Waals surface area contributed by atoms with E-state index in [-0.39, 0.29) is 41.8 Å². The van der Waals surface area contributed by atoms with Crippen molar-refractivity contribution in [2.24, 2.45) is 11.8 Å². The molecular formula is C35H36N2O5. The standard InChI is InChI=1S/C35H36N2O5/c1-39-25-13-5-21(6-14-25)31-29-32(22-7-15-26(40-2)16-8-22)37-34(24-11-19-28(42-4)20-12-24)30(35(29)38)33(36-31)23-9-17-27(41-3)18-10-23/h5-20,29-34,36-37H,1-4H3/t29?,30?,31-,32-,33-,34+/m1/s1. The van der Waals surface area contributed by atoms with Crippen LogP contribution in [0.25, 0.3) is 0 Å². The molecule has 2 unspecified atom stereocenters. The summed E-state index contributed by atoms with van der Waals surface area (Å²) in [6.07, 6.45) is 0. The maximum Gasteiger partial charge on any atom is 0.146 e. The normalized spacial score (nSPS) is 25.0. The van der Waals surface area contributed by atoms with Gasteiger partial charge in [-0.1, -0.05) is 48.5 Å². The number of rotatable bonds is 8. The Hall–Kier alpha value is -4.33. The van der Waals surface area contributed by atoms with Crippen molar-refractivity contribution in [1.82, 2.24) is 10.6 Å². The van der Waals surface area contributed by atoms with E-state index in [1.807, 2.05) is 48.5 Å². The minimum atomic E-state index is -0.346. The first kappa shape index (κ1) is 27.8. The maximum atomic E-state index is 14.9. The van der Waals surface area contributed by atoms with Crippen molar-refractivity contribution in [3.8, 4) is 23.0 Å². The monoisotopic (exact) mass is 564 g/mol. The van der Waals surface area contributed by atoms with Gasteiger partial charge in [-0.2, -0.15) is 0 Å². The Morgan fingerprint density at radius 1 is 0.405 bits per heavy atom. The van der Waals surface area contributed by atoms with Crippen LogP contribution < -0.4 is 29.6 Å². The first-order valence-corrected chi connectivity index (χ1v) is 14.2. The van der Waals surface area contributed by atoms with Gasteiger partial charge in [0.05, 0.1) is 40.3 Å². The average molecular weight is 565 g/mol. The molecule has 0 radical (unpaired) electrons. The Labute approximate surface area is 246 Å². The summed E-state index contributed by atoms with van der Waals surface area (Å²) in [7, 11) is 6.63. The fourth-order valence-corrected chi connectivity index (χ4v) is 6.52. The van der Waals surface area contributed by atoms with Crippen molar-refractivity contribution >= 4 is 5.78 Å². The molecule has 2 saturated heterocycles. The van der Waals surface area contributed by atoms with Crippen molar-refractivity contribution in [2.45, 2.75) is 24.2 Å². The Balaban J connectivity index is 1.49. The van der Waals surface area contributed by atoms with Crippen LogP contribution in [0.15, 0.2) is 97.1 Å². The molecule has 4 aromatic carbocycles. The topological polar surface area (TPSA) is 78.1 Å². The van der Waals surface area contributed by atoms with E-state index in [0.717, 1.165) is 45.3 Å². The van der Waals surface area contributed by atoms with Crippen LogP contribution in [0.1, 0.15) is 46.4 Å². The third kappa shape index (κ3) is 5.10. The lowest BCUT2D eigenvalue weighted by molar-refractivity contribution is -0.139. The van der Waals surface area contributed by atoms with Crippen molar-refractivity contribution in [3.05, 3.63) is 119 Å². The summed E-state index contributed by atoms with van der Waals surface area (Å²) in [4.78, 5) is 14.9. The zero-order valence-corrected chi connectivity index (χ0v) is 24.2. The number of hydrogen-bond donors (Lipinski definition) is 2. The highest BCUT2D eigenvalue weighted by Gasteiger charge is 2.55. The van der Waals surface area contributed by atoms with Crippen molar-refractivity contribution in [1.29, 1.82) is 0 Å². The molecule has 0 aliphatic carbocycles. The van der Waals surface area contributed by atoms with E-state index in [1.54, 1.807) is 28.4 Å². The van der Waals surface area contributed by atoms with Gasteiger partial charge in [0, 0.05) is 24.2 Å². The molecule has 6 atom stereocenters. The highest BCUT2D eigenvalue weighted by Crippen LogP contribution is 2.52. The molecule has 2 N–H and O–H groups in total. The second kappa shape index (κ2) is 11.9. The molecule has 4 aromatic rings. The first-order valence-electron chi connectivity index (χ1n) is 14.2. The van der Waals surface area contributed by atoms with Gasteiger partial charge in [0.2, 0.25) is 0 Å². The molecule has 0 aromatic heterocycles. The smallest absolute Gasteiger partial charge is 0.146 e. The molecule has 2 aliphatic rings. The van der Waals surface area contributed by atoms with Gasteiger partial charge in [-0.3, -0.25) is 4.79 Å². The molecule has 7 heteroatoms. The van der Waals surface area contributed by atoms with E-state index in [9.17, 15) is 4.79 Å². The van der Waals surface area contributed by atoms with E-state index in [4.69, 9.17) is 18.9 Å². The summed E-state index contributed by atoms with van der Waals surface area (Å²) in [5.74, 6) is 2.64. The lowest BCUT2D eigenvalue weighted by Gasteiger charge is -2.52. The third-order valence-electron chi connectivity index (χ3n) is 8.71. The second-order valence-electron chi connectivity index (χ2n) is 10.8. The van der Waals surface area contributed by atoms with Crippen LogP contribution in [0.3, 0.4) is 0 Å². The predicted molar refractivity (Wildman–Crippen MR) is 161 cm³/mol. The molecule has 0 spiro atoms. The van der Waals surface area contributed by atoms with Gasteiger partial charge in [-0.05, 0) is 70.8 Å². The number of methoxy groups -OCH3 is 4. The summed E-state index contributed by atoms with van der Waals surface area (Å²) >= 11 is 0. The van der Waals surface area contributed by atoms with Gasteiger partial charge in [0.1, 0.15) is 28.8 Å². The van der Waals surface area contributed by atoms with Crippen LogP contribution in [-0.4, -0.2) is 34.2 Å². The second-order valence-corrected chi connectivity index (χ2v) is 10.8. The van der Waals surface area contributed by atoms with Gasteiger partial charge >= 0.3 is 0 Å². The number of fused-ring (bicyclic) bond motifs is 2. The minimum Gasteiger partial charge on any atom is -0.497 e. The Morgan fingerprint density at radius 2 is 0.619 bits per heavy atom. The number of piperidine rings is 2.